The number of hydrogen-bond acceptors (Lipinski definition) is 1. The maximum atomic E-state index is 3.25. The zero-order valence-electron chi connectivity index (χ0n) is 9.72. The fourth-order valence-corrected chi connectivity index (χ4v) is 1.87. The highest BCUT2D eigenvalue weighted by atomic mass is 14.8. The minimum absolute atomic E-state index is 0.334. The Morgan fingerprint density at radius 3 is 2.43 bits per heavy atom. The molecule has 1 aromatic carbocycles. The summed E-state index contributed by atoms with van der Waals surface area (Å²) in [5.74, 6) is 0. The molecule has 1 aromatic rings. The summed E-state index contributed by atoms with van der Waals surface area (Å²) in [6, 6.07) is 8.64. The summed E-state index contributed by atoms with van der Waals surface area (Å²) in [4.78, 5) is 0. The van der Waals surface area contributed by atoms with Crippen LogP contribution in [0.4, 0.5) is 0 Å². The second-order valence-corrected chi connectivity index (χ2v) is 4.80. The standard InChI is InChI=1S/C13H21N/c1-11-7-5-6-8-12(11)9-13(2,3)10-14-4/h5-8,14H,9-10H2,1-4H3. The third kappa shape index (κ3) is 3.15. The Kier molecular flexibility index (Phi) is 3.70. The van der Waals surface area contributed by atoms with E-state index in [1.54, 1.807) is 0 Å². The van der Waals surface area contributed by atoms with Crippen molar-refractivity contribution >= 4 is 0 Å². The SMILES string of the molecule is CNCC(C)(C)Cc1ccccc1C. The molecule has 0 aliphatic heterocycles. The first-order chi connectivity index (χ1) is 6.55. The molecule has 0 bridgehead atoms. The molecular formula is C13H21N. The minimum atomic E-state index is 0.334. The predicted molar refractivity (Wildman–Crippen MR) is 62.6 cm³/mol. The Labute approximate surface area is 87.5 Å². The van der Waals surface area contributed by atoms with E-state index in [1.807, 2.05) is 7.05 Å². The molecule has 0 aromatic heterocycles. The van der Waals surface area contributed by atoms with Crippen LogP contribution in [0.25, 0.3) is 0 Å². The van der Waals surface area contributed by atoms with Crippen LogP contribution in [0.15, 0.2) is 24.3 Å². The number of benzene rings is 1. The molecule has 1 nitrogen and oxygen atoms in total. The summed E-state index contributed by atoms with van der Waals surface area (Å²) < 4.78 is 0. The van der Waals surface area contributed by atoms with E-state index in [9.17, 15) is 0 Å². The first-order valence-electron chi connectivity index (χ1n) is 5.24. The molecule has 0 fully saturated rings. The zero-order chi connectivity index (χ0) is 10.6. The van der Waals surface area contributed by atoms with Crippen molar-refractivity contribution in [1.82, 2.24) is 5.32 Å². The summed E-state index contributed by atoms with van der Waals surface area (Å²) in [6.07, 6.45) is 1.14. The summed E-state index contributed by atoms with van der Waals surface area (Å²) >= 11 is 0. The highest BCUT2D eigenvalue weighted by Gasteiger charge is 2.17. The highest BCUT2D eigenvalue weighted by molar-refractivity contribution is 5.26. The summed E-state index contributed by atoms with van der Waals surface area (Å²) in [6.45, 7) is 7.85. The molecule has 0 saturated carbocycles. The lowest BCUT2D eigenvalue weighted by molar-refractivity contribution is 0.349. The maximum absolute atomic E-state index is 3.25. The van der Waals surface area contributed by atoms with Crippen LogP contribution < -0.4 is 5.32 Å². The Morgan fingerprint density at radius 1 is 1.21 bits per heavy atom. The number of rotatable bonds is 4. The topological polar surface area (TPSA) is 12.0 Å². The molecule has 0 unspecified atom stereocenters. The molecule has 0 spiro atoms. The number of hydrogen-bond donors (Lipinski definition) is 1. The third-order valence-electron chi connectivity index (χ3n) is 2.59. The van der Waals surface area contributed by atoms with Gasteiger partial charge in [-0.25, -0.2) is 0 Å². The van der Waals surface area contributed by atoms with Gasteiger partial charge in [0.1, 0.15) is 0 Å². The van der Waals surface area contributed by atoms with Gasteiger partial charge in [-0.1, -0.05) is 38.1 Å². The van der Waals surface area contributed by atoms with E-state index in [2.05, 4.69) is 50.4 Å². The lowest BCUT2D eigenvalue weighted by Gasteiger charge is -2.25. The first kappa shape index (κ1) is 11.3. The average Bonchev–Trinajstić information content (AvgIpc) is 2.08. The Morgan fingerprint density at radius 2 is 1.86 bits per heavy atom. The van der Waals surface area contributed by atoms with Gasteiger partial charge in [0, 0.05) is 6.54 Å². The summed E-state index contributed by atoms with van der Waals surface area (Å²) in [7, 11) is 2.01. The van der Waals surface area contributed by atoms with Gasteiger partial charge in [0.2, 0.25) is 0 Å². The van der Waals surface area contributed by atoms with E-state index in [-0.39, 0.29) is 0 Å². The second kappa shape index (κ2) is 4.61. The highest BCUT2D eigenvalue weighted by Crippen LogP contribution is 2.22. The zero-order valence-corrected chi connectivity index (χ0v) is 9.72. The van der Waals surface area contributed by atoms with Crippen molar-refractivity contribution in [3.63, 3.8) is 0 Å². The van der Waals surface area contributed by atoms with E-state index in [4.69, 9.17) is 0 Å². The molecule has 0 radical (unpaired) electrons. The quantitative estimate of drug-likeness (QED) is 0.771. The molecule has 1 heteroatoms. The third-order valence-corrected chi connectivity index (χ3v) is 2.59. The minimum Gasteiger partial charge on any atom is -0.319 e. The van der Waals surface area contributed by atoms with Crippen LogP contribution >= 0.6 is 0 Å². The molecule has 78 valence electrons. The largest absolute Gasteiger partial charge is 0.319 e. The molecule has 0 heterocycles. The molecule has 0 saturated heterocycles. The van der Waals surface area contributed by atoms with E-state index in [1.165, 1.54) is 11.1 Å². The van der Waals surface area contributed by atoms with Crippen LogP contribution in [0.1, 0.15) is 25.0 Å². The van der Waals surface area contributed by atoms with Crippen molar-refractivity contribution in [3.05, 3.63) is 35.4 Å². The van der Waals surface area contributed by atoms with Crippen molar-refractivity contribution in [2.75, 3.05) is 13.6 Å². The van der Waals surface area contributed by atoms with Crippen molar-refractivity contribution in [1.29, 1.82) is 0 Å². The first-order valence-corrected chi connectivity index (χ1v) is 5.24. The van der Waals surface area contributed by atoms with Gasteiger partial charge in [-0.15, -0.1) is 0 Å². The molecule has 0 aliphatic carbocycles. The second-order valence-electron chi connectivity index (χ2n) is 4.80. The molecular weight excluding hydrogens is 170 g/mol. The monoisotopic (exact) mass is 191 g/mol. The van der Waals surface area contributed by atoms with E-state index in [0.29, 0.717) is 5.41 Å². The Balaban J connectivity index is 2.73. The van der Waals surface area contributed by atoms with Crippen LogP contribution in [0.5, 0.6) is 0 Å². The van der Waals surface area contributed by atoms with Crippen molar-refractivity contribution in [2.24, 2.45) is 5.41 Å². The summed E-state index contributed by atoms with van der Waals surface area (Å²) in [5, 5.41) is 3.25. The fourth-order valence-electron chi connectivity index (χ4n) is 1.87. The molecule has 1 rings (SSSR count). The van der Waals surface area contributed by atoms with Gasteiger partial charge in [-0.2, -0.15) is 0 Å². The number of aryl methyl sites for hydroxylation is 1. The van der Waals surface area contributed by atoms with Crippen molar-refractivity contribution < 1.29 is 0 Å². The van der Waals surface area contributed by atoms with Crippen LogP contribution in [0.3, 0.4) is 0 Å². The van der Waals surface area contributed by atoms with E-state index >= 15 is 0 Å². The van der Waals surface area contributed by atoms with Gasteiger partial charge < -0.3 is 5.32 Å². The Hall–Kier alpha value is -0.820. The van der Waals surface area contributed by atoms with Gasteiger partial charge in [-0.05, 0) is 36.9 Å². The molecule has 14 heavy (non-hydrogen) atoms. The summed E-state index contributed by atoms with van der Waals surface area (Å²) in [5.41, 5.74) is 3.20. The average molecular weight is 191 g/mol. The van der Waals surface area contributed by atoms with Crippen LogP contribution in [-0.2, 0) is 6.42 Å². The number of nitrogens with one attached hydrogen (secondary N) is 1. The van der Waals surface area contributed by atoms with Gasteiger partial charge in [0.15, 0.2) is 0 Å². The van der Waals surface area contributed by atoms with E-state index < -0.39 is 0 Å². The van der Waals surface area contributed by atoms with Crippen LogP contribution in [0, 0.1) is 12.3 Å². The van der Waals surface area contributed by atoms with Gasteiger partial charge in [0.25, 0.3) is 0 Å². The molecule has 1 N–H and O–H groups in total. The molecule has 0 amide bonds. The smallest absolute Gasteiger partial charge is 0.000270 e. The van der Waals surface area contributed by atoms with Gasteiger partial charge in [-0.3, -0.25) is 0 Å². The van der Waals surface area contributed by atoms with Gasteiger partial charge >= 0.3 is 0 Å². The lowest BCUT2D eigenvalue weighted by atomic mass is 9.84. The van der Waals surface area contributed by atoms with Gasteiger partial charge in [0.05, 0.1) is 0 Å². The van der Waals surface area contributed by atoms with Crippen molar-refractivity contribution in [2.45, 2.75) is 27.2 Å². The Bertz CT molecular complexity index is 289. The predicted octanol–water partition coefficient (Wildman–Crippen LogP) is 2.78. The normalized spacial score (nSPS) is 11.7. The lowest BCUT2D eigenvalue weighted by Crippen LogP contribution is -2.28. The molecule has 0 atom stereocenters. The maximum Gasteiger partial charge on any atom is 0.000270 e. The van der Waals surface area contributed by atoms with Crippen LogP contribution in [-0.4, -0.2) is 13.6 Å². The van der Waals surface area contributed by atoms with Crippen LogP contribution in [0.2, 0.25) is 0 Å². The van der Waals surface area contributed by atoms with E-state index in [0.717, 1.165) is 13.0 Å². The van der Waals surface area contributed by atoms with Crippen molar-refractivity contribution in [3.8, 4) is 0 Å². The molecule has 0 aliphatic rings. The fraction of sp³-hybridized carbons (Fsp3) is 0.538.